The number of hydrogen-bond acceptors (Lipinski definition) is 4. The Labute approximate surface area is 797 Å². The lowest BCUT2D eigenvalue weighted by molar-refractivity contribution is 0.668. The Hall–Kier alpha value is -17.5. The van der Waals surface area contributed by atoms with Gasteiger partial charge in [0.15, 0.2) is 0 Å². The van der Waals surface area contributed by atoms with E-state index in [-0.39, 0.29) is 0 Å². The van der Waals surface area contributed by atoms with Gasteiger partial charge in [-0.15, -0.1) is 22.7 Å². The average molecular weight is 1780 g/mol. The molecule has 0 aliphatic heterocycles. The van der Waals surface area contributed by atoms with Crippen LogP contribution in [0.1, 0.15) is 0 Å². The molecule has 31 aromatic rings. The van der Waals surface area contributed by atoms with Crippen molar-refractivity contribution in [3.05, 3.63) is 449 Å². The molecule has 0 N–H and O–H groups in total. The molecule has 0 atom stereocenters. The molecule has 0 spiro atoms. The fourth-order valence-corrected chi connectivity index (χ4v) is 26.5. The number of hydrogen-bond donors (Lipinski definition) is 0. The van der Waals surface area contributed by atoms with Crippen molar-refractivity contribution in [3.8, 4) is 89.3 Å². The van der Waals surface area contributed by atoms with Crippen LogP contribution in [0.15, 0.2) is 458 Å². The molecule has 636 valence electrons. The van der Waals surface area contributed by atoms with Gasteiger partial charge in [-0.25, -0.2) is 0 Å². The summed E-state index contributed by atoms with van der Waals surface area (Å²) in [5.74, 6) is 0. The van der Waals surface area contributed by atoms with E-state index in [4.69, 9.17) is 8.83 Å². The van der Waals surface area contributed by atoms with E-state index in [0.717, 1.165) is 94.0 Å². The quantitative estimate of drug-likeness (QED) is 0.135. The molecular weight excluding hydrogens is 1710 g/mol. The zero-order valence-corrected chi connectivity index (χ0v) is 75.9. The maximum atomic E-state index is 6.99. The average Bonchev–Trinajstić information content (AvgIpc) is 1.53. The fraction of sp³-hybridized carbons (Fsp3) is 0. The molecule has 0 radical (unpaired) electrons. The molecule has 0 aliphatic carbocycles. The van der Waals surface area contributed by atoms with Gasteiger partial charge in [0.1, 0.15) is 22.3 Å². The fourth-order valence-electron chi connectivity index (χ4n) is 24.0. The van der Waals surface area contributed by atoms with Crippen LogP contribution in [0.3, 0.4) is 0 Å². The van der Waals surface area contributed by atoms with Gasteiger partial charge in [-0.05, 0) is 267 Å². The minimum absolute atomic E-state index is 0.858. The summed E-state index contributed by atoms with van der Waals surface area (Å²) in [5.41, 5.74) is 26.7. The molecule has 25 aromatic carbocycles. The molecule has 0 unspecified atom stereocenters. The summed E-state index contributed by atoms with van der Waals surface area (Å²) in [6, 6.07) is 168. The van der Waals surface area contributed by atoms with Gasteiger partial charge in [0.25, 0.3) is 0 Å². The van der Waals surface area contributed by atoms with Gasteiger partial charge in [0.2, 0.25) is 0 Å². The summed E-state index contributed by atoms with van der Waals surface area (Å²) in [4.78, 5) is 0. The van der Waals surface area contributed by atoms with Crippen molar-refractivity contribution < 1.29 is 8.83 Å². The van der Waals surface area contributed by atoms with E-state index >= 15 is 0 Å². The first kappa shape index (κ1) is 76.0. The van der Waals surface area contributed by atoms with Gasteiger partial charge in [-0.1, -0.05) is 334 Å². The maximum absolute atomic E-state index is 6.99. The number of nitrogens with zero attached hydrogens (tertiary/aromatic N) is 2. The molecule has 31 rings (SSSR count). The highest BCUT2D eigenvalue weighted by Crippen LogP contribution is 2.53. The van der Waals surface area contributed by atoms with Gasteiger partial charge in [-0.2, -0.15) is 0 Å². The normalized spacial score (nSPS) is 12.3. The number of furan rings is 2. The smallest absolute Gasteiger partial charge is 0.138 e. The van der Waals surface area contributed by atoms with Crippen molar-refractivity contribution in [2.45, 2.75) is 0 Å². The van der Waals surface area contributed by atoms with Crippen LogP contribution in [-0.2, 0) is 0 Å². The second-order valence-electron chi connectivity index (χ2n) is 37.4. The largest absolute Gasteiger partial charge is 0.456 e. The first-order valence-corrected chi connectivity index (χ1v) is 49.1. The van der Waals surface area contributed by atoms with E-state index in [9.17, 15) is 0 Å². The molecule has 0 bridgehead atoms. The molecule has 0 aliphatic rings. The van der Waals surface area contributed by atoms with Gasteiger partial charge >= 0.3 is 0 Å². The van der Waals surface area contributed by atoms with Crippen LogP contribution >= 0.6 is 22.7 Å². The SMILES string of the molecule is c1ccc(-c2ccc3c(c2)sc2c(-c4cc(-n5c6ccccc6c6cc(-c7ccc8c9ccccc9c9cc(-c%10ccc%11c%12cc(-c%13ccc%14c(c%13)sc%13c(-c%15cc(-n%16c%17ccccc%17c%17cc(-c%18ccc%19c%20ccccc%20c%20ccccc%20c%19c%18)ccc%17%16)cc%16oc%17ccccc%17c%15%16)cccc%13%14)ccc%12c%12ccccc%12c%11c%10)ccc9c8c7)ccc65)cc5oc6ccccc6c45)cccc23)cc1. The Morgan fingerprint density at radius 2 is 0.406 bits per heavy atom. The third-order valence-corrected chi connectivity index (χ3v) is 32.6. The Kier molecular flexibility index (Phi) is 16.0. The summed E-state index contributed by atoms with van der Waals surface area (Å²) in [6.07, 6.45) is 0. The topological polar surface area (TPSA) is 36.1 Å². The van der Waals surface area contributed by atoms with Crippen LogP contribution < -0.4 is 0 Å². The van der Waals surface area contributed by atoms with Crippen LogP contribution in [0.4, 0.5) is 0 Å². The van der Waals surface area contributed by atoms with Crippen molar-refractivity contribution in [1.82, 2.24) is 9.13 Å². The van der Waals surface area contributed by atoms with E-state index in [0.29, 0.717) is 0 Å². The lowest BCUT2D eigenvalue weighted by Crippen LogP contribution is -1.95. The number of fused-ring (bicyclic) bond motifs is 36. The molecule has 6 heteroatoms. The number of benzene rings is 25. The first-order chi connectivity index (χ1) is 68.4. The molecule has 0 fully saturated rings. The van der Waals surface area contributed by atoms with Crippen LogP contribution in [0.5, 0.6) is 0 Å². The second kappa shape index (κ2) is 29.0. The highest BCUT2D eigenvalue weighted by Gasteiger charge is 2.27. The number of para-hydroxylation sites is 4. The van der Waals surface area contributed by atoms with E-state index < -0.39 is 0 Å². The minimum Gasteiger partial charge on any atom is -0.456 e. The monoisotopic (exact) mass is 1780 g/mol. The Balaban J connectivity index is 0.494. The predicted molar refractivity (Wildman–Crippen MR) is 591 cm³/mol. The molecule has 4 nitrogen and oxygen atoms in total. The Morgan fingerprint density at radius 1 is 0.145 bits per heavy atom. The minimum atomic E-state index is 0.858. The van der Waals surface area contributed by atoms with Crippen molar-refractivity contribution in [3.63, 3.8) is 0 Å². The standard InChI is InChI=1S/C132H74N2O2S2/c1-2-22-75(23-3-1)83-49-58-102-104-36-20-38-106(131(104)137-127(102)69-83)117-71-85(73-125-129(117)108-34-14-18-42-123(108)135-125)134-120-41-17-13-33-101(120)116-68-82(52-61-122(116)134)79-45-54-96-90-27-7-10-30-93(90)111-63-76(47-56-98(111)113(96)65-79)77-48-57-99-112(64-77)94-31-11-8-28-91(94)97-55-46-80(66-114(97)99)84-50-59-103-105-37-21-39-107(132(105)138-128(103)70-84)118-72-86(74-126-130(118)109-35-15-19-43-124(109)136-126)133-119-40-16-12-32-100(119)115-67-81(51-60-121(115)133)78-44-53-95-89-26-5-4-24-87(89)88-25-6-9-29-92(88)110(95)62-78/h1-74H. The second-order valence-corrected chi connectivity index (χ2v) is 39.5. The summed E-state index contributed by atoms with van der Waals surface area (Å²) in [5, 5.41) is 36.8. The zero-order chi connectivity index (χ0) is 89.8. The summed E-state index contributed by atoms with van der Waals surface area (Å²) >= 11 is 3.77. The number of aromatic nitrogens is 2. The molecule has 0 amide bonds. The molecule has 138 heavy (non-hydrogen) atoms. The van der Waals surface area contributed by atoms with E-state index in [1.54, 1.807) is 0 Å². The molecule has 0 saturated carbocycles. The van der Waals surface area contributed by atoms with Crippen molar-refractivity contribution in [1.29, 1.82) is 0 Å². The van der Waals surface area contributed by atoms with Crippen LogP contribution in [0.2, 0.25) is 0 Å². The van der Waals surface area contributed by atoms with Crippen LogP contribution in [0, 0.1) is 0 Å². The molecular formula is C132H74N2O2S2. The maximum Gasteiger partial charge on any atom is 0.138 e. The van der Waals surface area contributed by atoms with E-state index in [2.05, 4.69) is 458 Å². The van der Waals surface area contributed by atoms with Gasteiger partial charge in [-0.3, -0.25) is 0 Å². The highest BCUT2D eigenvalue weighted by molar-refractivity contribution is 7.26. The zero-order valence-electron chi connectivity index (χ0n) is 74.3. The summed E-state index contributed by atoms with van der Waals surface area (Å²) in [7, 11) is 0. The van der Waals surface area contributed by atoms with Gasteiger partial charge < -0.3 is 18.0 Å². The van der Waals surface area contributed by atoms with Crippen molar-refractivity contribution >= 4 is 247 Å². The van der Waals surface area contributed by atoms with E-state index in [1.165, 1.54) is 220 Å². The Bertz CT molecular complexity index is 10800. The van der Waals surface area contributed by atoms with E-state index in [1.807, 2.05) is 22.7 Å². The number of rotatable bonds is 9. The summed E-state index contributed by atoms with van der Waals surface area (Å²) < 4.78 is 23.9. The molecule has 0 saturated heterocycles. The van der Waals surface area contributed by atoms with Gasteiger partial charge in [0, 0.05) is 107 Å². The highest BCUT2D eigenvalue weighted by atomic mass is 32.1. The van der Waals surface area contributed by atoms with Crippen molar-refractivity contribution in [2.75, 3.05) is 0 Å². The molecule has 6 aromatic heterocycles. The van der Waals surface area contributed by atoms with Crippen molar-refractivity contribution in [2.24, 2.45) is 0 Å². The summed E-state index contributed by atoms with van der Waals surface area (Å²) in [6.45, 7) is 0. The molecule has 6 heterocycles. The van der Waals surface area contributed by atoms with Crippen LogP contribution in [0.25, 0.3) is 314 Å². The van der Waals surface area contributed by atoms with Gasteiger partial charge in [0.05, 0.1) is 33.4 Å². The lowest BCUT2D eigenvalue weighted by Gasteiger charge is -2.15. The third kappa shape index (κ3) is 11.1. The number of thiophene rings is 2. The predicted octanol–water partition coefficient (Wildman–Crippen LogP) is 38.5. The van der Waals surface area contributed by atoms with Crippen LogP contribution in [-0.4, -0.2) is 9.13 Å². The third-order valence-electron chi connectivity index (χ3n) is 30.2. The lowest BCUT2D eigenvalue weighted by atomic mass is 9.88. The first-order valence-electron chi connectivity index (χ1n) is 47.4. The Morgan fingerprint density at radius 3 is 0.775 bits per heavy atom.